The van der Waals surface area contributed by atoms with Crippen LogP contribution in [-0.2, 0) is 16.0 Å². The van der Waals surface area contributed by atoms with E-state index in [1.54, 1.807) is 45.2 Å². The molecule has 2 heterocycles. The quantitative estimate of drug-likeness (QED) is 0.157. The molecule has 50 heavy (non-hydrogen) atoms. The molecule has 1 aliphatic carbocycles. The number of hydrogen-bond acceptors (Lipinski definition) is 10. The van der Waals surface area contributed by atoms with Gasteiger partial charge in [0.1, 0.15) is 6.04 Å². The fourth-order valence-electron chi connectivity index (χ4n) is 6.56. The standard InChI is InChI=1S/C37H46N6O6S/c1-8-21(2)33(37(46)40-28(16-18-50-7)36-42-41-31-11-9-10-17-43(31)36)39-27-15-13-24-25(20-29(27)45)26(38-22(3)44)14-12-23-19-30(47-4)34(48-5)35(49-6)32(23)24/h9-11,13,15,17,19-21,26,28,33H,8,12,14,16,18H2,1-7H3,(H,38,44)(H,39,45)(H,40,46). The van der Waals surface area contributed by atoms with Crippen molar-refractivity contribution in [2.45, 2.75) is 64.6 Å². The van der Waals surface area contributed by atoms with E-state index >= 15 is 0 Å². The molecule has 4 atom stereocenters. The average Bonchev–Trinajstić information content (AvgIpc) is 3.41. The maximum Gasteiger partial charge on any atom is 0.243 e. The van der Waals surface area contributed by atoms with Gasteiger partial charge in [0.05, 0.1) is 39.1 Å². The van der Waals surface area contributed by atoms with E-state index in [9.17, 15) is 14.4 Å². The van der Waals surface area contributed by atoms with Gasteiger partial charge in [-0.25, -0.2) is 0 Å². The molecule has 0 saturated heterocycles. The first-order chi connectivity index (χ1) is 24.1. The van der Waals surface area contributed by atoms with Crippen LogP contribution in [0.1, 0.15) is 69.1 Å². The van der Waals surface area contributed by atoms with Gasteiger partial charge in [0.15, 0.2) is 23.0 Å². The lowest BCUT2D eigenvalue weighted by molar-refractivity contribution is -0.123. The minimum absolute atomic E-state index is 0.126. The molecule has 1 aliphatic rings. The van der Waals surface area contributed by atoms with E-state index in [-0.39, 0.29) is 28.8 Å². The van der Waals surface area contributed by atoms with E-state index in [1.807, 2.05) is 61.0 Å². The molecule has 2 amide bonds. The largest absolute Gasteiger partial charge is 0.493 e. The van der Waals surface area contributed by atoms with Gasteiger partial charge in [0.25, 0.3) is 0 Å². The highest BCUT2D eigenvalue weighted by Gasteiger charge is 2.31. The number of methoxy groups -OCH3 is 3. The predicted molar refractivity (Wildman–Crippen MR) is 196 cm³/mol. The summed E-state index contributed by atoms with van der Waals surface area (Å²) in [6.07, 6.45) is 6.37. The highest BCUT2D eigenvalue weighted by Crippen LogP contribution is 2.50. The van der Waals surface area contributed by atoms with Gasteiger partial charge in [-0.1, -0.05) is 32.4 Å². The Balaban J connectivity index is 1.58. The zero-order valence-corrected chi connectivity index (χ0v) is 30.5. The number of nitrogens with one attached hydrogen (secondary N) is 3. The smallest absolute Gasteiger partial charge is 0.243 e. The molecular weight excluding hydrogens is 657 g/mol. The van der Waals surface area contributed by atoms with Crippen LogP contribution in [0.2, 0.25) is 0 Å². The molecule has 4 unspecified atom stereocenters. The molecule has 266 valence electrons. The van der Waals surface area contributed by atoms with E-state index < -0.39 is 18.1 Å². The van der Waals surface area contributed by atoms with Gasteiger partial charge < -0.3 is 30.2 Å². The third-order valence-electron chi connectivity index (χ3n) is 9.30. The van der Waals surface area contributed by atoms with Crippen LogP contribution in [0.5, 0.6) is 17.2 Å². The van der Waals surface area contributed by atoms with Crippen LogP contribution in [0.15, 0.2) is 53.5 Å². The highest BCUT2D eigenvalue weighted by molar-refractivity contribution is 7.98. The fourth-order valence-corrected chi connectivity index (χ4v) is 7.03. The average molecular weight is 703 g/mol. The van der Waals surface area contributed by atoms with Gasteiger partial charge in [-0.2, -0.15) is 11.8 Å². The summed E-state index contributed by atoms with van der Waals surface area (Å²) in [5, 5.41) is 18.3. The van der Waals surface area contributed by atoms with Crippen molar-refractivity contribution in [2.75, 3.05) is 38.7 Å². The number of pyridine rings is 1. The number of nitrogens with zero attached hydrogens (tertiary/aromatic N) is 3. The molecule has 2 aromatic carbocycles. The summed E-state index contributed by atoms with van der Waals surface area (Å²) in [6, 6.07) is 11.1. The number of rotatable bonds is 14. The number of amides is 2. The molecule has 12 nitrogen and oxygen atoms in total. The van der Waals surface area contributed by atoms with Crippen molar-refractivity contribution < 1.29 is 23.8 Å². The minimum Gasteiger partial charge on any atom is -0.493 e. The summed E-state index contributed by atoms with van der Waals surface area (Å²) < 4.78 is 19.1. The first kappa shape index (κ1) is 36.5. The van der Waals surface area contributed by atoms with Crippen molar-refractivity contribution >= 4 is 34.9 Å². The predicted octanol–water partition coefficient (Wildman–Crippen LogP) is 5.34. The number of aromatic nitrogens is 3. The van der Waals surface area contributed by atoms with E-state index in [1.165, 1.54) is 6.92 Å². The lowest BCUT2D eigenvalue weighted by Crippen LogP contribution is -2.46. The minimum atomic E-state index is -0.733. The van der Waals surface area contributed by atoms with Crippen molar-refractivity contribution in [1.82, 2.24) is 25.2 Å². The normalized spacial score (nSPS) is 15.5. The summed E-state index contributed by atoms with van der Waals surface area (Å²) in [4.78, 5) is 40.6. The zero-order valence-electron chi connectivity index (χ0n) is 29.7. The molecule has 5 rings (SSSR count). The molecule has 2 aromatic heterocycles. The zero-order chi connectivity index (χ0) is 35.9. The Morgan fingerprint density at radius 3 is 2.52 bits per heavy atom. The SMILES string of the molecule is CCC(C)C(Nc1ccc2c(cc1=O)C(NC(C)=O)CCc1cc(OC)c(OC)c(OC)c1-2)C(=O)NC(CCSC)c1nnc2ccccn12. The van der Waals surface area contributed by atoms with Gasteiger partial charge in [-0.05, 0) is 84.2 Å². The van der Waals surface area contributed by atoms with Crippen molar-refractivity contribution in [3.63, 3.8) is 0 Å². The molecule has 0 bridgehead atoms. The van der Waals surface area contributed by atoms with Crippen LogP contribution >= 0.6 is 11.8 Å². The van der Waals surface area contributed by atoms with Crippen LogP contribution in [-0.4, -0.2) is 65.8 Å². The van der Waals surface area contributed by atoms with E-state index in [2.05, 4.69) is 26.1 Å². The third kappa shape index (κ3) is 7.52. The Hall–Kier alpha value is -4.78. The van der Waals surface area contributed by atoms with Crippen molar-refractivity contribution in [2.24, 2.45) is 5.92 Å². The second kappa shape index (κ2) is 16.3. The Morgan fingerprint density at radius 2 is 1.84 bits per heavy atom. The maximum atomic E-state index is 14.2. The lowest BCUT2D eigenvalue weighted by Gasteiger charge is -2.26. The molecule has 0 aliphatic heterocycles. The molecule has 0 saturated carbocycles. The summed E-state index contributed by atoms with van der Waals surface area (Å²) in [5.74, 6) is 2.28. The second-order valence-corrected chi connectivity index (χ2v) is 13.4. The van der Waals surface area contributed by atoms with Gasteiger partial charge >= 0.3 is 0 Å². The molecule has 0 radical (unpaired) electrons. The summed E-state index contributed by atoms with van der Waals surface area (Å²) >= 11 is 1.69. The van der Waals surface area contributed by atoms with Gasteiger partial charge in [-0.15, -0.1) is 10.2 Å². The van der Waals surface area contributed by atoms with Crippen LogP contribution < -0.4 is 35.6 Å². The number of benzene rings is 1. The lowest BCUT2D eigenvalue weighted by atomic mass is 9.95. The van der Waals surface area contributed by atoms with E-state index in [4.69, 9.17) is 14.2 Å². The summed E-state index contributed by atoms with van der Waals surface area (Å²) in [7, 11) is 4.68. The molecule has 4 aromatic rings. The number of thioether (sulfide) groups is 1. The van der Waals surface area contributed by atoms with E-state index in [0.717, 1.165) is 16.9 Å². The number of ether oxygens (including phenoxy) is 3. The van der Waals surface area contributed by atoms with Gasteiger partial charge in [0.2, 0.25) is 23.0 Å². The first-order valence-electron chi connectivity index (χ1n) is 16.8. The Morgan fingerprint density at radius 1 is 1.06 bits per heavy atom. The Kier molecular flexibility index (Phi) is 11.9. The first-order valence-corrected chi connectivity index (χ1v) is 18.2. The number of carbonyl (C=O) groups is 2. The number of fused-ring (bicyclic) bond motifs is 4. The number of anilines is 1. The monoisotopic (exact) mass is 702 g/mol. The fraction of sp³-hybridized carbons (Fsp3) is 0.432. The van der Waals surface area contributed by atoms with Crippen LogP contribution in [0.25, 0.3) is 16.8 Å². The molecule has 0 fully saturated rings. The Labute approximate surface area is 296 Å². The third-order valence-corrected chi connectivity index (χ3v) is 9.95. The number of aryl methyl sites for hydroxylation is 1. The van der Waals surface area contributed by atoms with Gasteiger partial charge in [-0.3, -0.25) is 18.8 Å². The Bertz CT molecular complexity index is 1920. The molecule has 3 N–H and O–H groups in total. The maximum absolute atomic E-state index is 14.2. The van der Waals surface area contributed by atoms with Crippen LogP contribution in [0.3, 0.4) is 0 Å². The number of hydrogen-bond donors (Lipinski definition) is 3. The van der Waals surface area contributed by atoms with E-state index in [0.29, 0.717) is 65.5 Å². The topological polar surface area (TPSA) is 145 Å². The highest BCUT2D eigenvalue weighted by atomic mass is 32.2. The van der Waals surface area contributed by atoms with Crippen LogP contribution in [0, 0.1) is 5.92 Å². The second-order valence-electron chi connectivity index (χ2n) is 12.4. The van der Waals surface area contributed by atoms with Gasteiger partial charge in [0, 0.05) is 18.7 Å². The summed E-state index contributed by atoms with van der Waals surface area (Å²) in [5.41, 5.74) is 3.67. The van der Waals surface area contributed by atoms with Crippen molar-refractivity contribution in [1.29, 1.82) is 0 Å². The van der Waals surface area contributed by atoms with Crippen molar-refractivity contribution in [3.05, 3.63) is 75.8 Å². The van der Waals surface area contributed by atoms with Crippen molar-refractivity contribution in [3.8, 4) is 28.4 Å². The van der Waals surface area contributed by atoms with Crippen LogP contribution in [0.4, 0.5) is 5.69 Å². The molecule has 0 spiro atoms. The molecular formula is C37H46N6O6S. The number of carbonyl (C=O) groups excluding carboxylic acids is 2. The molecule has 13 heteroatoms. The summed E-state index contributed by atoms with van der Waals surface area (Å²) in [6.45, 7) is 5.46.